The first-order valence-electron chi connectivity index (χ1n) is 6.97. The molecule has 1 fully saturated rings. The zero-order chi connectivity index (χ0) is 13.6. The number of hydrogen-bond acceptors (Lipinski definition) is 2. The van der Waals surface area contributed by atoms with Crippen LogP contribution in [0.4, 0.5) is 0 Å². The lowest BCUT2D eigenvalue weighted by Gasteiger charge is -2.08. The van der Waals surface area contributed by atoms with Crippen LogP contribution in [-0.4, -0.2) is 9.55 Å². The van der Waals surface area contributed by atoms with Crippen molar-refractivity contribution in [2.45, 2.75) is 46.1 Å². The van der Waals surface area contributed by atoms with Gasteiger partial charge in [-0.1, -0.05) is 20.8 Å². The topological polar surface area (TPSA) is 41.6 Å². The molecule has 1 aromatic carbocycles. The van der Waals surface area contributed by atoms with E-state index in [1.54, 1.807) is 0 Å². The summed E-state index contributed by atoms with van der Waals surface area (Å²) in [5.41, 5.74) is 3.20. The highest BCUT2D eigenvalue weighted by Crippen LogP contribution is 2.58. The van der Waals surface area contributed by atoms with Gasteiger partial charge in [0.2, 0.25) is 0 Å². The molecule has 0 saturated heterocycles. The van der Waals surface area contributed by atoms with Gasteiger partial charge in [0.15, 0.2) is 0 Å². The highest BCUT2D eigenvalue weighted by Gasteiger charge is 2.49. The summed E-state index contributed by atoms with van der Waals surface area (Å²) in [5.74, 6) is 1.77. The van der Waals surface area contributed by atoms with E-state index in [9.17, 15) is 0 Å². The third-order valence-corrected chi connectivity index (χ3v) is 4.18. The van der Waals surface area contributed by atoms with Crippen LogP contribution < -0.4 is 0 Å². The summed E-state index contributed by atoms with van der Waals surface area (Å²) in [6.07, 6.45) is 2.32. The van der Waals surface area contributed by atoms with Crippen molar-refractivity contribution in [3.8, 4) is 6.07 Å². The van der Waals surface area contributed by atoms with Crippen molar-refractivity contribution < 1.29 is 0 Å². The van der Waals surface area contributed by atoms with E-state index in [-0.39, 0.29) is 0 Å². The van der Waals surface area contributed by atoms with Gasteiger partial charge in [-0.05, 0) is 36.5 Å². The number of imidazole rings is 1. The van der Waals surface area contributed by atoms with Gasteiger partial charge in [0.1, 0.15) is 5.82 Å². The van der Waals surface area contributed by atoms with Gasteiger partial charge in [0.05, 0.1) is 22.7 Å². The van der Waals surface area contributed by atoms with E-state index in [1.165, 1.54) is 17.8 Å². The zero-order valence-corrected chi connectivity index (χ0v) is 11.8. The van der Waals surface area contributed by atoms with Gasteiger partial charge in [-0.25, -0.2) is 4.98 Å². The van der Waals surface area contributed by atoms with Gasteiger partial charge in [0.25, 0.3) is 0 Å². The minimum absolute atomic E-state index is 0.380. The number of nitrogens with zero attached hydrogens (tertiary/aromatic N) is 3. The van der Waals surface area contributed by atoms with Crippen LogP contribution >= 0.6 is 0 Å². The highest BCUT2D eigenvalue weighted by molar-refractivity contribution is 5.78. The van der Waals surface area contributed by atoms with Crippen molar-refractivity contribution in [1.82, 2.24) is 9.55 Å². The average molecular weight is 253 g/mol. The van der Waals surface area contributed by atoms with Crippen LogP contribution in [0.15, 0.2) is 18.2 Å². The number of hydrogen-bond donors (Lipinski definition) is 0. The molecule has 0 bridgehead atoms. The SMILES string of the molecule is CCCn1c(C2CC2(C)C)nc2cc(C#N)ccc21. The lowest BCUT2D eigenvalue weighted by atomic mass is 10.1. The molecule has 0 amide bonds. The maximum Gasteiger partial charge on any atom is 0.113 e. The molecule has 0 N–H and O–H groups in total. The summed E-state index contributed by atoms with van der Waals surface area (Å²) < 4.78 is 2.34. The standard InChI is InChI=1S/C16H19N3/c1-4-7-19-14-6-5-11(10-17)8-13(14)18-15(19)12-9-16(12,2)3/h5-6,8,12H,4,7,9H2,1-3H3. The summed E-state index contributed by atoms with van der Waals surface area (Å²) in [6.45, 7) is 7.80. The van der Waals surface area contributed by atoms with E-state index in [0.29, 0.717) is 16.9 Å². The van der Waals surface area contributed by atoms with E-state index in [0.717, 1.165) is 18.5 Å². The predicted octanol–water partition coefficient (Wildman–Crippen LogP) is 3.83. The first-order chi connectivity index (χ1) is 9.06. The summed E-state index contributed by atoms with van der Waals surface area (Å²) in [4.78, 5) is 4.81. The van der Waals surface area contributed by atoms with Crippen LogP contribution in [0.3, 0.4) is 0 Å². The number of benzene rings is 1. The van der Waals surface area contributed by atoms with Gasteiger partial charge >= 0.3 is 0 Å². The Balaban J connectivity index is 2.15. The number of aromatic nitrogens is 2. The molecule has 1 unspecified atom stereocenters. The smallest absolute Gasteiger partial charge is 0.113 e. The first kappa shape index (κ1) is 12.2. The number of fused-ring (bicyclic) bond motifs is 1. The van der Waals surface area contributed by atoms with E-state index >= 15 is 0 Å². The van der Waals surface area contributed by atoms with Gasteiger partial charge in [-0.2, -0.15) is 5.26 Å². The van der Waals surface area contributed by atoms with Crippen molar-refractivity contribution in [1.29, 1.82) is 5.26 Å². The number of rotatable bonds is 3. The summed E-state index contributed by atoms with van der Waals surface area (Å²) in [5, 5.41) is 9.00. The Bertz CT molecular complexity index is 673. The fourth-order valence-electron chi connectivity index (χ4n) is 2.85. The van der Waals surface area contributed by atoms with E-state index < -0.39 is 0 Å². The van der Waals surface area contributed by atoms with Crippen molar-refractivity contribution in [2.75, 3.05) is 0 Å². The molecule has 3 nitrogen and oxygen atoms in total. The van der Waals surface area contributed by atoms with E-state index in [4.69, 9.17) is 10.2 Å². The van der Waals surface area contributed by atoms with Crippen molar-refractivity contribution >= 4 is 11.0 Å². The maximum atomic E-state index is 9.00. The first-order valence-corrected chi connectivity index (χ1v) is 6.97. The molecule has 98 valence electrons. The molecule has 1 aliphatic carbocycles. The fourth-order valence-corrected chi connectivity index (χ4v) is 2.85. The van der Waals surface area contributed by atoms with Crippen molar-refractivity contribution in [2.24, 2.45) is 5.41 Å². The van der Waals surface area contributed by atoms with Crippen LogP contribution in [0.2, 0.25) is 0 Å². The van der Waals surface area contributed by atoms with E-state index in [2.05, 4.69) is 31.4 Å². The summed E-state index contributed by atoms with van der Waals surface area (Å²) >= 11 is 0. The molecule has 19 heavy (non-hydrogen) atoms. The van der Waals surface area contributed by atoms with E-state index in [1.807, 2.05) is 18.2 Å². The lowest BCUT2D eigenvalue weighted by Crippen LogP contribution is -2.04. The summed E-state index contributed by atoms with van der Waals surface area (Å²) in [7, 11) is 0. The summed E-state index contributed by atoms with van der Waals surface area (Å²) in [6, 6.07) is 8.02. The molecule has 1 saturated carbocycles. The molecule has 0 spiro atoms. The quantitative estimate of drug-likeness (QED) is 0.834. The second-order valence-electron chi connectivity index (χ2n) is 6.18. The zero-order valence-electron chi connectivity index (χ0n) is 11.8. The maximum absolute atomic E-state index is 9.00. The Labute approximate surface area is 113 Å². The molecule has 1 atom stereocenters. The lowest BCUT2D eigenvalue weighted by molar-refractivity contribution is 0.578. The highest BCUT2D eigenvalue weighted by atomic mass is 15.1. The molecule has 1 heterocycles. The Morgan fingerprint density at radius 3 is 2.79 bits per heavy atom. The van der Waals surface area contributed by atoms with Gasteiger partial charge < -0.3 is 4.57 Å². The average Bonchev–Trinajstić information content (AvgIpc) is 2.88. The third kappa shape index (κ3) is 1.92. The molecule has 0 aliphatic heterocycles. The van der Waals surface area contributed by atoms with Crippen LogP contribution in [0.5, 0.6) is 0 Å². The normalized spacial score (nSPS) is 20.4. The van der Waals surface area contributed by atoms with Crippen molar-refractivity contribution in [3.63, 3.8) is 0 Å². The second-order valence-corrected chi connectivity index (χ2v) is 6.18. The Morgan fingerprint density at radius 2 is 2.21 bits per heavy atom. The Kier molecular flexibility index (Phi) is 2.63. The van der Waals surface area contributed by atoms with Crippen LogP contribution in [0, 0.1) is 16.7 Å². The third-order valence-electron chi connectivity index (χ3n) is 4.18. The Hall–Kier alpha value is -1.82. The predicted molar refractivity (Wildman–Crippen MR) is 75.9 cm³/mol. The van der Waals surface area contributed by atoms with Gasteiger partial charge in [-0.3, -0.25) is 0 Å². The number of nitriles is 1. The molecular weight excluding hydrogens is 234 g/mol. The molecule has 3 heteroatoms. The molecule has 2 aromatic rings. The minimum atomic E-state index is 0.380. The van der Waals surface area contributed by atoms with Crippen LogP contribution in [0.25, 0.3) is 11.0 Å². The molecule has 3 rings (SSSR count). The molecule has 1 aliphatic rings. The number of aryl methyl sites for hydroxylation is 1. The van der Waals surface area contributed by atoms with Gasteiger partial charge in [-0.15, -0.1) is 0 Å². The Morgan fingerprint density at radius 1 is 1.47 bits per heavy atom. The van der Waals surface area contributed by atoms with Crippen molar-refractivity contribution in [3.05, 3.63) is 29.6 Å². The molecule has 1 aromatic heterocycles. The second kappa shape index (κ2) is 4.09. The monoisotopic (exact) mass is 253 g/mol. The largest absolute Gasteiger partial charge is 0.328 e. The molecule has 0 radical (unpaired) electrons. The van der Waals surface area contributed by atoms with Gasteiger partial charge in [0, 0.05) is 12.5 Å². The van der Waals surface area contributed by atoms with Crippen LogP contribution in [-0.2, 0) is 6.54 Å². The fraction of sp³-hybridized carbons (Fsp3) is 0.500. The van der Waals surface area contributed by atoms with Crippen LogP contribution in [0.1, 0.15) is 50.9 Å². The minimum Gasteiger partial charge on any atom is -0.328 e. The molecular formula is C16H19N3.